The van der Waals surface area contributed by atoms with Crippen LogP contribution in [0.2, 0.25) is 0 Å². The van der Waals surface area contributed by atoms with Gasteiger partial charge in [-0.15, -0.1) is 11.3 Å². The monoisotopic (exact) mass is 649 g/mol. The van der Waals surface area contributed by atoms with Crippen LogP contribution >= 0.6 is 11.3 Å². The highest BCUT2D eigenvalue weighted by Crippen LogP contribution is 2.32. The normalized spacial score (nSPS) is 16.1. The maximum atomic E-state index is 13.2. The number of benzene rings is 3. The molecule has 0 bridgehead atoms. The number of fused-ring (bicyclic) bond motifs is 1. The summed E-state index contributed by atoms with van der Waals surface area (Å²) in [7, 11) is 0. The third kappa shape index (κ3) is 6.79. The number of nitrogens with one attached hydrogen (secondary N) is 4. The van der Waals surface area contributed by atoms with Gasteiger partial charge in [0.2, 0.25) is 16.9 Å². The van der Waals surface area contributed by atoms with Gasteiger partial charge in [0.1, 0.15) is 11.8 Å². The van der Waals surface area contributed by atoms with E-state index in [0.29, 0.717) is 30.3 Å². The fourth-order valence-corrected chi connectivity index (χ4v) is 6.07. The molecular formula is C34H31N7O5S. The molecule has 4 N–H and O–H groups in total. The Kier molecular flexibility index (Phi) is 9.16. The number of hydrogen-bond donors (Lipinski definition) is 4. The van der Waals surface area contributed by atoms with Gasteiger partial charge < -0.3 is 10.6 Å². The zero-order valence-corrected chi connectivity index (χ0v) is 26.2. The Bertz CT molecular complexity index is 1890. The number of hydrazone groups is 1. The number of imide groups is 2. The Morgan fingerprint density at radius 3 is 2.45 bits per heavy atom. The fourth-order valence-electron chi connectivity index (χ4n) is 5.41. The lowest BCUT2D eigenvalue weighted by Gasteiger charge is -2.27. The summed E-state index contributed by atoms with van der Waals surface area (Å²) in [6, 6.07) is 22.2. The smallest absolute Gasteiger partial charge is 0.267 e. The number of piperidine rings is 1. The van der Waals surface area contributed by atoms with Crippen LogP contribution in [-0.4, -0.2) is 64.3 Å². The first-order valence-corrected chi connectivity index (χ1v) is 16.0. The van der Waals surface area contributed by atoms with Crippen LogP contribution in [0.1, 0.15) is 46.9 Å². The number of amides is 5. The summed E-state index contributed by atoms with van der Waals surface area (Å²) >= 11 is 1.39. The Balaban J connectivity index is 0.968. The van der Waals surface area contributed by atoms with Crippen LogP contribution in [-0.2, 0) is 14.4 Å². The van der Waals surface area contributed by atoms with Crippen molar-refractivity contribution in [1.29, 1.82) is 0 Å². The van der Waals surface area contributed by atoms with Crippen LogP contribution in [0.5, 0.6) is 0 Å². The van der Waals surface area contributed by atoms with Crippen LogP contribution in [0.4, 0.5) is 10.8 Å². The molecular weight excluding hydrogens is 618 g/mol. The molecule has 1 saturated heterocycles. The van der Waals surface area contributed by atoms with Gasteiger partial charge in [-0.2, -0.15) is 5.10 Å². The van der Waals surface area contributed by atoms with E-state index >= 15 is 0 Å². The zero-order valence-electron chi connectivity index (χ0n) is 25.4. The summed E-state index contributed by atoms with van der Waals surface area (Å²) in [5, 5.41) is 14.8. The second-order valence-electron chi connectivity index (χ2n) is 11.0. The molecule has 0 saturated carbocycles. The van der Waals surface area contributed by atoms with E-state index in [1.54, 1.807) is 25.1 Å². The highest BCUT2D eigenvalue weighted by atomic mass is 32.1. The minimum atomic E-state index is -1.03. The van der Waals surface area contributed by atoms with Crippen LogP contribution in [0.25, 0.3) is 22.4 Å². The molecule has 2 aliphatic rings. The largest absolute Gasteiger partial charge is 0.384 e. The first-order chi connectivity index (χ1) is 22.8. The van der Waals surface area contributed by atoms with Crippen LogP contribution in [0, 0.1) is 0 Å². The molecule has 47 heavy (non-hydrogen) atoms. The van der Waals surface area contributed by atoms with Crippen molar-refractivity contribution >= 4 is 57.4 Å². The molecule has 0 spiro atoms. The van der Waals surface area contributed by atoms with Gasteiger partial charge in [-0.05, 0) is 43.0 Å². The van der Waals surface area contributed by atoms with E-state index < -0.39 is 29.7 Å². The van der Waals surface area contributed by atoms with Crippen LogP contribution in [0.15, 0.2) is 83.3 Å². The molecule has 1 fully saturated rings. The molecule has 13 heteroatoms. The number of carbonyl (C=O) groups excluding carboxylic acids is 5. The summed E-state index contributed by atoms with van der Waals surface area (Å²) in [4.78, 5) is 68.2. The second-order valence-corrected chi connectivity index (χ2v) is 11.9. The molecule has 4 aromatic rings. The first kappa shape index (κ1) is 31.3. The molecule has 1 atom stereocenters. The van der Waals surface area contributed by atoms with Gasteiger partial charge in [0, 0.05) is 36.1 Å². The lowest BCUT2D eigenvalue weighted by atomic mass is 10.0. The number of hydrogen-bond acceptors (Lipinski definition) is 10. The fraction of sp³-hybridized carbons (Fsp3) is 0.206. The van der Waals surface area contributed by atoms with E-state index in [9.17, 15) is 24.0 Å². The number of aromatic nitrogens is 1. The van der Waals surface area contributed by atoms with Crippen LogP contribution in [0.3, 0.4) is 0 Å². The lowest BCUT2D eigenvalue weighted by molar-refractivity contribution is -0.136. The Labute approximate surface area is 274 Å². The topological polar surface area (TPSA) is 162 Å². The van der Waals surface area contributed by atoms with E-state index in [1.165, 1.54) is 11.3 Å². The van der Waals surface area contributed by atoms with Gasteiger partial charge in [-0.3, -0.25) is 39.6 Å². The lowest BCUT2D eigenvalue weighted by Crippen LogP contribution is -2.54. The third-order valence-electron chi connectivity index (χ3n) is 7.86. The molecule has 6 rings (SSSR count). The highest BCUT2D eigenvalue weighted by molar-refractivity contribution is 7.14. The van der Waals surface area contributed by atoms with Gasteiger partial charge in [0.15, 0.2) is 0 Å². The SMILES string of the molecule is C/C(=N\Nc1nc(-c2ccc(-c3ccccc3)cc2)cs1)C(=O)NCCCNc1cccc2c1C(=O)N(C1CCC(=O)NC1=O)C2=O. The molecule has 0 aliphatic carbocycles. The maximum absolute atomic E-state index is 13.2. The van der Waals surface area contributed by atoms with Gasteiger partial charge in [0.25, 0.3) is 17.7 Å². The van der Waals surface area contributed by atoms with Crippen molar-refractivity contribution in [2.24, 2.45) is 5.10 Å². The number of anilines is 2. The summed E-state index contributed by atoms with van der Waals surface area (Å²) < 4.78 is 0. The molecule has 0 radical (unpaired) electrons. The maximum Gasteiger partial charge on any atom is 0.267 e. The average Bonchev–Trinajstić information content (AvgIpc) is 3.66. The van der Waals surface area contributed by atoms with Crippen molar-refractivity contribution in [3.63, 3.8) is 0 Å². The van der Waals surface area contributed by atoms with E-state index in [0.717, 1.165) is 27.3 Å². The molecule has 1 aromatic heterocycles. The predicted octanol–water partition coefficient (Wildman–Crippen LogP) is 4.28. The summed E-state index contributed by atoms with van der Waals surface area (Å²) in [5.41, 5.74) is 7.99. The molecule has 2 aliphatic heterocycles. The van der Waals surface area contributed by atoms with E-state index in [4.69, 9.17) is 0 Å². The van der Waals surface area contributed by atoms with Gasteiger partial charge in [-0.1, -0.05) is 60.7 Å². The van der Waals surface area contributed by atoms with Crippen molar-refractivity contribution in [3.8, 4) is 22.4 Å². The molecule has 12 nitrogen and oxygen atoms in total. The summed E-state index contributed by atoms with van der Waals surface area (Å²) in [5.74, 6) is -2.57. The Morgan fingerprint density at radius 2 is 1.68 bits per heavy atom. The van der Waals surface area contributed by atoms with Gasteiger partial charge in [0.05, 0.1) is 16.8 Å². The second kappa shape index (κ2) is 13.7. The van der Waals surface area contributed by atoms with Crippen molar-refractivity contribution in [2.45, 2.75) is 32.2 Å². The summed E-state index contributed by atoms with van der Waals surface area (Å²) in [6.07, 6.45) is 0.664. The van der Waals surface area contributed by atoms with E-state index in [1.807, 2.05) is 35.7 Å². The predicted molar refractivity (Wildman–Crippen MR) is 179 cm³/mol. The highest BCUT2D eigenvalue weighted by Gasteiger charge is 2.45. The van der Waals surface area contributed by atoms with Gasteiger partial charge in [-0.25, -0.2) is 4.98 Å². The van der Waals surface area contributed by atoms with Crippen molar-refractivity contribution in [1.82, 2.24) is 20.5 Å². The first-order valence-electron chi connectivity index (χ1n) is 15.1. The molecule has 1 unspecified atom stereocenters. The van der Waals surface area contributed by atoms with Crippen molar-refractivity contribution in [3.05, 3.63) is 89.3 Å². The number of carbonyl (C=O) groups is 5. The Morgan fingerprint density at radius 1 is 0.936 bits per heavy atom. The quantitative estimate of drug-likeness (QED) is 0.0810. The van der Waals surface area contributed by atoms with E-state index in [2.05, 4.69) is 55.7 Å². The Hall–Kier alpha value is -5.69. The van der Waals surface area contributed by atoms with Crippen LogP contribution < -0.4 is 21.4 Å². The standard InChI is InChI=1S/C34H31N7O5S/c1-20(39-40-34-37-26(19-47-34)23-13-11-22(12-14-23)21-7-3-2-4-8-21)30(43)36-18-6-17-35-25-10-5-9-24-29(25)33(46)41(32(24)45)27-15-16-28(42)38-31(27)44/h2-5,7-14,19,27,35H,6,15-18H2,1H3,(H,36,43)(H,37,40)(H,38,42,44)/b39-20+. The zero-order chi connectivity index (χ0) is 32.9. The number of thiazole rings is 1. The van der Waals surface area contributed by atoms with Crippen molar-refractivity contribution < 1.29 is 24.0 Å². The average molecular weight is 650 g/mol. The van der Waals surface area contributed by atoms with Gasteiger partial charge >= 0.3 is 0 Å². The molecule has 3 heterocycles. The molecule has 5 amide bonds. The van der Waals surface area contributed by atoms with E-state index in [-0.39, 0.29) is 35.6 Å². The number of rotatable bonds is 11. The molecule has 238 valence electrons. The van der Waals surface area contributed by atoms with Crippen molar-refractivity contribution in [2.75, 3.05) is 23.8 Å². The number of nitrogens with zero attached hydrogens (tertiary/aromatic N) is 3. The minimum Gasteiger partial charge on any atom is -0.384 e. The minimum absolute atomic E-state index is 0.0531. The molecule has 3 aromatic carbocycles. The summed E-state index contributed by atoms with van der Waals surface area (Å²) in [6.45, 7) is 2.34. The third-order valence-corrected chi connectivity index (χ3v) is 8.61.